The number of nitrogens with two attached hydrogens (primary N) is 1. The highest BCUT2D eigenvalue weighted by Crippen LogP contribution is 2.48. The lowest BCUT2D eigenvalue weighted by Gasteiger charge is -2.31. The van der Waals surface area contributed by atoms with Crippen molar-refractivity contribution >= 4 is 15.9 Å². The van der Waals surface area contributed by atoms with E-state index in [-0.39, 0.29) is 0 Å². The largest absolute Gasteiger partial charge is 0.350 e. The molecule has 0 saturated carbocycles. The summed E-state index contributed by atoms with van der Waals surface area (Å²) < 4.78 is 25.4. The van der Waals surface area contributed by atoms with E-state index in [1.165, 1.54) is 6.92 Å². The minimum atomic E-state index is -3.81. The van der Waals surface area contributed by atoms with Gasteiger partial charge in [-0.3, -0.25) is 10.1 Å². The summed E-state index contributed by atoms with van der Waals surface area (Å²) in [6, 6.07) is 3.95. The van der Waals surface area contributed by atoms with Gasteiger partial charge in [-0.2, -0.15) is 0 Å². The number of hydrogen-bond donors (Lipinski definition) is 2. The predicted octanol–water partition coefficient (Wildman–Crippen LogP) is 0.136. The molecular weight excluding hydrogens is 336 g/mol. The lowest BCUT2D eigenvalue weighted by atomic mass is 9.85. The second kappa shape index (κ2) is 5.15. The number of benzene rings is 1. The number of primary amides is 1. The van der Waals surface area contributed by atoms with Crippen LogP contribution in [0.25, 0.3) is 0 Å². The molecular formula is C14H18N4O5S. The molecule has 0 spiro atoms. The normalized spacial score (nSPS) is 34.1. The minimum absolute atomic E-state index is 0.616. The third kappa shape index (κ3) is 2.09. The van der Waals surface area contributed by atoms with Crippen molar-refractivity contribution < 1.29 is 18.1 Å². The molecule has 24 heavy (non-hydrogen) atoms. The number of aryl methyl sites for hydroxylation is 1. The third-order valence-corrected chi connectivity index (χ3v) is 7.38. The first-order chi connectivity index (χ1) is 11.1. The Bertz CT molecular complexity index is 826. The molecule has 2 aliphatic rings. The van der Waals surface area contributed by atoms with E-state index >= 15 is 0 Å². The van der Waals surface area contributed by atoms with Gasteiger partial charge >= 0.3 is 6.03 Å². The van der Waals surface area contributed by atoms with Gasteiger partial charge in [0.2, 0.25) is 0 Å². The number of nitro groups is 1. The number of carbonyl (C=O) groups is 1. The lowest BCUT2D eigenvalue weighted by Crippen LogP contribution is -2.61. The van der Waals surface area contributed by atoms with Crippen molar-refractivity contribution in [1.82, 2.24) is 10.4 Å². The SMILES string of the molecule is Cc1ccccc1C1NN(C(N)=O)C2(C)C([N+](=O)[O-])CS(=O)(=O)C12. The van der Waals surface area contributed by atoms with Gasteiger partial charge in [0.05, 0.1) is 6.04 Å². The number of urea groups is 1. The van der Waals surface area contributed by atoms with Crippen molar-refractivity contribution in [3.63, 3.8) is 0 Å². The second-order valence-corrected chi connectivity index (χ2v) is 8.58. The third-order valence-electron chi connectivity index (χ3n) is 5.08. The first-order valence-electron chi connectivity index (χ1n) is 7.37. The van der Waals surface area contributed by atoms with E-state index < -0.39 is 49.4 Å². The average molecular weight is 354 g/mol. The molecule has 3 rings (SSSR count). The fraction of sp³-hybridized carbons (Fsp3) is 0.500. The number of fused-ring (bicyclic) bond motifs is 1. The summed E-state index contributed by atoms with van der Waals surface area (Å²) in [5.41, 5.74) is 8.12. The first kappa shape index (κ1) is 16.7. The zero-order valence-corrected chi connectivity index (χ0v) is 14.0. The van der Waals surface area contributed by atoms with Gasteiger partial charge in [0, 0.05) is 4.92 Å². The quantitative estimate of drug-likeness (QED) is 0.572. The van der Waals surface area contributed by atoms with E-state index in [0.717, 1.165) is 10.6 Å². The van der Waals surface area contributed by atoms with Crippen molar-refractivity contribution in [2.45, 2.75) is 36.7 Å². The number of carbonyl (C=O) groups excluding carboxylic acids is 1. The Hall–Kier alpha value is -2.20. The van der Waals surface area contributed by atoms with Crippen LogP contribution in [-0.4, -0.2) is 47.0 Å². The Morgan fingerprint density at radius 1 is 1.46 bits per heavy atom. The van der Waals surface area contributed by atoms with Crippen LogP contribution in [0.1, 0.15) is 24.1 Å². The van der Waals surface area contributed by atoms with Crippen LogP contribution in [0.4, 0.5) is 4.79 Å². The molecule has 4 unspecified atom stereocenters. The van der Waals surface area contributed by atoms with Crippen molar-refractivity contribution in [2.24, 2.45) is 5.73 Å². The molecule has 10 heteroatoms. The molecule has 2 aliphatic heterocycles. The highest BCUT2D eigenvalue weighted by molar-refractivity contribution is 7.92. The van der Waals surface area contributed by atoms with Crippen LogP contribution < -0.4 is 11.2 Å². The summed E-state index contributed by atoms with van der Waals surface area (Å²) >= 11 is 0. The maximum atomic E-state index is 12.7. The van der Waals surface area contributed by atoms with Gasteiger partial charge in [-0.15, -0.1) is 0 Å². The van der Waals surface area contributed by atoms with Gasteiger partial charge in [-0.1, -0.05) is 24.3 Å². The van der Waals surface area contributed by atoms with Gasteiger partial charge in [0.25, 0.3) is 6.04 Å². The van der Waals surface area contributed by atoms with E-state index in [4.69, 9.17) is 5.73 Å². The number of nitrogens with one attached hydrogen (secondary N) is 1. The van der Waals surface area contributed by atoms with Crippen LogP contribution in [0.2, 0.25) is 0 Å². The number of amides is 2. The molecule has 0 aromatic heterocycles. The maximum absolute atomic E-state index is 12.7. The molecule has 4 atom stereocenters. The fourth-order valence-corrected chi connectivity index (χ4v) is 6.67. The number of nitrogens with zero attached hydrogens (tertiary/aromatic N) is 2. The molecule has 9 nitrogen and oxygen atoms in total. The number of sulfone groups is 1. The van der Waals surface area contributed by atoms with Crippen LogP contribution in [0, 0.1) is 17.0 Å². The number of hydrogen-bond acceptors (Lipinski definition) is 6. The van der Waals surface area contributed by atoms with Gasteiger partial charge in [0.15, 0.2) is 9.84 Å². The summed E-state index contributed by atoms with van der Waals surface area (Å²) in [6.45, 7) is 3.22. The van der Waals surface area contributed by atoms with E-state index in [0.29, 0.717) is 5.56 Å². The van der Waals surface area contributed by atoms with Gasteiger partial charge in [0.1, 0.15) is 16.5 Å². The molecule has 0 bridgehead atoms. The van der Waals surface area contributed by atoms with Gasteiger partial charge in [-0.05, 0) is 25.0 Å². The summed E-state index contributed by atoms with van der Waals surface area (Å²) in [4.78, 5) is 22.7. The van der Waals surface area contributed by atoms with Crippen LogP contribution >= 0.6 is 0 Å². The molecule has 2 amide bonds. The second-order valence-electron chi connectivity index (χ2n) is 6.41. The molecule has 0 radical (unpaired) electrons. The average Bonchev–Trinajstić information content (AvgIpc) is 2.90. The molecule has 1 aromatic rings. The van der Waals surface area contributed by atoms with Crippen molar-refractivity contribution in [1.29, 1.82) is 0 Å². The Morgan fingerprint density at radius 3 is 2.62 bits per heavy atom. The van der Waals surface area contributed by atoms with E-state index in [1.807, 2.05) is 19.1 Å². The molecule has 0 aliphatic carbocycles. The zero-order valence-electron chi connectivity index (χ0n) is 13.2. The summed E-state index contributed by atoms with van der Waals surface area (Å²) in [7, 11) is -3.81. The Labute approximate surface area is 138 Å². The topological polar surface area (TPSA) is 136 Å². The van der Waals surface area contributed by atoms with Crippen LogP contribution in [-0.2, 0) is 9.84 Å². The minimum Gasteiger partial charge on any atom is -0.350 e. The summed E-state index contributed by atoms with van der Waals surface area (Å²) in [5.74, 6) is -0.616. The molecule has 3 N–H and O–H groups in total. The van der Waals surface area contributed by atoms with Crippen LogP contribution in [0.3, 0.4) is 0 Å². The van der Waals surface area contributed by atoms with Crippen molar-refractivity contribution in [3.05, 3.63) is 45.5 Å². The monoisotopic (exact) mass is 354 g/mol. The van der Waals surface area contributed by atoms with Crippen molar-refractivity contribution in [2.75, 3.05) is 5.75 Å². The van der Waals surface area contributed by atoms with Crippen molar-refractivity contribution in [3.8, 4) is 0 Å². The number of hydrazine groups is 1. The standard InChI is InChI=1S/C14H18N4O5S/c1-8-5-3-4-6-9(8)11-12-14(2,17(16-11)13(15)19)10(18(20)21)7-24(12,22)23/h3-6,10-12,16H,7H2,1-2H3,(H2,15,19). The van der Waals surface area contributed by atoms with E-state index in [9.17, 15) is 23.3 Å². The predicted molar refractivity (Wildman–Crippen MR) is 85.2 cm³/mol. The first-order valence-corrected chi connectivity index (χ1v) is 9.08. The van der Waals surface area contributed by atoms with Gasteiger partial charge < -0.3 is 5.73 Å². The Kier molecular flexibility index (Phi) is 3.57. The highest BCUT2D eigenvalue weighted by Gasteiger charge is 2.72. The molecule has 2 heterocycles. The molecule has 130 valence electrons. The molecule has 2 saturated heterocycles. The fourth-order valence-electron chi connectivity index (χ4n) is 3.96. The molecule has 2 fully saturated rings. The van der Waals surface area contributed by atoms with Gasteiger partial charge in [-0.25, -0.2) is 23.6 Å². The smallest absolute Gasteiger partial charge is 0.329 e. The lowest BCUT2D eigenvalue weighted by molar-refractivity contribution is -0.529. The Morgan fingerprint density at radius 2 is 2.08 bits per heavy atom. The summed E-state index contributed by atoms with van der Waals surface area (Å²) in [6.07, 6.45) is 0. The van der Waals surface area contributed by atoms with Crippen LogP contribution in [0.15, 0.2) is 24.3 Å². The molecule has 1 aromatic carbocycles. The summed E-state index contributed by atoms with van der Waals surface area (Å²) in [5, 5.41) is 11.2. The van der Waals surface area contributed by atoms with E-state index in [2.05, 4.69) is 5.43 Å². The zero-order chi connectivity index (χ0) is 17.9. The Balaban J connectivity index is 2.21. The highest BCUT2D eigenvalue weighted by atomic mass is 32.2. The van der Waals surface area contributed by atoms with E-state index in [1.54, 1.807) is 12.1 Å². The maximum Gasteiger partial charge on any atom is 0.329 e. The number of rotatable bonds is 2. The van der Waals surface area contributed by atoms with Crippen LogP contribution in [0.5, 0.6) is 0 Å².